The second-order valence-electron chi connectivity index (χ2n) is 6.35. The van der Waals surface area contributed by atoms with Crippen LogP contribution in [-0.4, -0.2) is 16.9 Å². The van der Waals surface area contributed by atoms with Crippen molar-refractivity contribution in [2.75, 3.05) is 5.73 Å². The predicted octanol–water partition coefficient (Wildman–Crippen LogP) is 3.30. The minimum absolute atomic E-state index is 0.00204. The zero-order valence-electron chi connectivity index (χ0n) is 12.6. The number of nitrogens with one attached hydrogen (secondary N) is 2. The molecule has 21 heavy (non-hydrogen) atoms. The van der Waals surface area contributed by atoms with Crippen molar-refractivity contribution in [2.45, 2.75) is 39.2 Å². The molecule has 1 aliphatic carbocycles. The van der Waals surface area contributed by atoms with Gasteiger partial charge in [0.15, 0.2) is 0 Å². The lowest BCUT2D eigenvalue weighted by Crippen LogP contribution is -2.43. The van der Waals surface area contributed by atoms with Gasteiger partial charge in [0.1, 0.15) is 0 Å². The van der Waals surface area contributed by atoms with E-state index in [2.05, 4.69) is 24.1 Å². The van der Waals surface area contributed by atoms with Gasteiger partial charge in [-0.1, -0.05) is 26.7 Å². The lowest BCUT2D eigenvalue weighted by atomic mass is 9.78. The van der Waals surface area contributed by atoms with Gasteiger partial charge < -0.3 is 16.0 Å². The van der Waals surface area contributed by atoms with Crippen LogP contribution >= 0.6 is 0 Å². The van der Waals surface area contributed by atoms with Gasteiger partial charge in [-0.3, -0.25) is 4.79 Å². The maximum atomic E-state index is 12.6. The molecule has 0 aliphatic heterocycles. The predicted molar refractivity (Wildman–Crippen MR) is 86.1 cm³/mol. The molecule has 3 rings (SSSR count). The van der Waals surface area contributed by atoms with E-state index in [1.54, 1.807) is 6.20 Å². The van der Waals surface area contributed by atoms with Crippen LogP contribution in [0.3, 0.4) is 0 Å². The molecule has 4 N–H and O–H groups in total. The van der Waals surface area contributed by atoms with Gasteiger partial charge in [0.05, 0.1) is 5.56 Å². The topological polar surface area (TPSA) is 70.9 Å². The summed E-state index contributed by atoms with van der Waals surface area (Å²) >= 11 is 0. The van der Waals surface area contributed by atoms with Gasteiger partial charge in [0.25, 0.3) is 5.91 Å². The zero-order valence-corrected chi connectivity index (χ0v) is 12.6. The number of aromatic nitrogens is 1. The summed E-state index contributed by atoms with van der Waals surface area (Å²) in [6.07, 6.45) is 5.30. The summed E-state index contributed by atoms with van der Waals surface area (Å²) in [5.74, 6) is 1.19. The fourth-order valence-corrected chi connectivity index (χ4v) is 3.36. The van der Waals surface area contributed by atoms with Gasteiger partial charge in [-0.2, -0.15) is 0 Å². The first-order chi connectivity index (χ1) is 10.1. The Labute approximate surface area is 125 Å². The molecule has 4 heteroatoms. The molecule has 3 atom stereocenters. The van der Waals surface area contributed by atoms with Crippen LogP contribution in [0, 0.1) is 11.8 Å². The Balaban J connectivity index is 1.82. The number of carbonyl (C=O) groups is 1. The summed E-state index contributed by atoms with van der Waals surface area (Å²) in [5, 5.41) is 4.11. The number of benzene rings is 1. The molecule has 1 amide bonds. The van der Waals surface area contributed by atoms with Crippen LogP contribution < -0.4 is 11.1 Å². The van der Waals surface area contributed by atoms with E-state index < -0.39 is 0 Å². The molecule has 1 saturated carbocycles. The van der Waals surface area contributed by atoms with Crippen molar-refractivity contribution in [1.29, 1.82) is 0 Å². The van der Waals surface area contributed by atoms with E-state index in [1.807, 2.05) is 18.2 Å². The van der Waals surface area contributed by atoms with Crippen LogP contribution in [0.1, 0.15) is 43.5 Å². The van der Waals surface area contributed by atoms with Crippen LogP contribution in [-0.2, 0) is 0 Å². The number of hydrogen-bond donors (Lipinski definition) is 3. The minimum atomic E-state index is -0.00204. The molecular weight excluding hydrogens is 262 g/mol. The highest BCUT2D eigenvalue weighted by Gasteiger charge is 2.28. The Morgan fingerprint density at radius 1 is 1.33 bits per heavy atom. The third-order valence-corrected chi connectivity index (χ3v) is 4.97. The standard InChI is InChI=1S/C17H23N3O/c1-10-4-3-5-15(11(10)2)20-17(21)14-9-19-16-7-6-12(18)8-13(14)16/h6-11,15,19H,3-5,18H2,1-2H3,(H,20,21). The largest absolute Gasteiger partial charge is 0.399 e. The molecule has 3 unspecified atom stereocenters. The molecule has 1 aliphatic rings. The third kappa shape index (κ3) is 2.62. The Bertz CT molecular complexity index is 661. The number of aromatic amines is 1. The fraction of sp³-hybridized carbons (Fsp3) is 0.471. The second kappa shape index (κ2) is 5.43. The number of nitrogens with two attached hydrogens (primary N) is 1. The summed E-state index contributed by atoms with van der Waals surface area (Å²) < 4.78 is 0. The summed E-state index contributed by atoms with van der Waals surface area (Å²) in [7, 11) is 0. The monoisotopic (exact) mass is 285 g/mol. The molecule has 4 nitrogen and oxygen atoms in total. The van der Waals surface area contributed by atoms with Gasteiger partial charge in [-0.25, -0.2) is 0 Å². The normalized spacial score (nSPS) is 25.9. The Morgan fingerprint density at radius 2 is 2.14 bits per heavy atom. The number of carbonyl (C=O) groups excluding carboxylic acids is 1. The van der Waals surface area contributed by atoms with Crippen LogP contribution in [0.2, 0.25) is 0 Å². The molecule has 1 aromatic heterocycles. The van der Waals surface area contributed by atoms with E-state index >= 15 is 0 Å². The number of fused-ring (bicyclic) bond motifs is 1. The quantitative estimate of drug-likeness (QED) is 0.741. The molecule has 0 bridgehead atoms. The molecule has 1 aromatic carbocycles. The first-order valence-electron chi connectivity index (χ1n) is 7.73. The van der Waals surface area contributed by atoms with Crippen molar-refractivity contribution in [3.8, 4) is 0 Å². The molecule has 2 aromatic rings. The Kier molecular flexibility index (Phi) is 3.62. The van der Waals surface area contributed by atoms with Gasteiger partial charge in [-0.05, 0) is 36.5 Å². The van der Waals surface area contributed by atoms with Crippen molar-refractivity contribution < 1.29 is 4.79 Å². The van der Waals surface area contributed by atoms with E-state index in [9.17, 15) is 4.79 Å². The maximum absolute atomic E-state index is 12.6. The second-order valence-corrected chi connectivity index (χ2v) is 6.35. The van der Waals surface area contributed by atoms with E-state index in [4.69, 9.17) is 5.73 Å². The van der Waals surface area contributed by atoms with Gasteiger partial charge in [-0.15, -0.1) is 0 Å². The summed E-state index contributed by atoms with van der Waals surface area (Å²) in [5.41, 5.74) is 8.13. The average Bonchev–Trinajstić information content (AvgIpc) is 2.87. The summed E-state index contributed by atoms with van der Waals surface area (Å²) in [6.45, 7) is 4.51. The average molecular weight is 285 g/mol. The Hall–Kier alpha value is -1.97. The summed E-state index contributed by atoms with van der Waals surface area (Å²) in [6, 6.07) is 5.87. The van der Waals surface area contributed by atoms with Gasteiger partial charge in [0, 0.05) is 28.8 Å². The zero-order chi connectivity index (χ0) is 15.0. The van der Waals surface area contributed by atoms with Crippen molar-refractivity contribution in [3.63, 3.8) is 0 Å². The molecule has 0 spiro atoms. The van der Waals surface area contributed by atoms with Crippen LogP contribution in [0.25, 0.3) is 10.9 Å². The van der Waals surface area contributed by atoms with Crippen molar-refractivity contribution >= 4 is 22.5 Å². The first kappa shape index (κ1) is 14.0. The van der Waals surface area contributed by atoms with Crippen LogP contribution in [0.15, 0.2) is 24.4 Å². The number of hydrogen-bond acceptors (Lipinski definition) is 2. The summed E-state index contributed by atoms with van der Waals surface area (Å²) in [4.78, 5) is 15.7. The van der Waals surface area contributed by atoms with Gasteiger partial charge in [0.2, 0.25) is 0 Å². The van der Waals surface area contributed by atoms with E-state index in [0.717, 1.165) is 17.3 Å². The number of H-pyrrole nitrogens is 1. The van der Waals surface area contributed by atoms with Crippen LogP contribution in [0.4, 0.5) is 5.69 Å². The third-order valence-electron chi connectivity index (χ3n) is 4.97. The smallest absolute Gasteiger partial charge is 0.253 e. The van der Waals surface area contributed by atoms with Crippen LogP contribution in [0.5, 0.6) is 0 Å². The van der Waals surface area contributed by atoms with E-state index in [-0.39, 0.29) is 11.9 Å². The highest BCUT2D eigenvalue weighted by atomic mass is 16.1. The van der Waals surface area contributed by atoms with E-state index in [0.29, 0.717) is 23.1 Å². The lowest BCUT2D eigenvalue weighted by molar-refractivity contribution is 0.0893. The maximum Gasteiger partial charge on any atom is 0.253 e. The lowest BCUT2D eigenvalue weighted by Gasteiger charge is -2.34. The number of anilines is 1. The van der Waals surface area contributed by atoms with Crippen molar-refractivity contribution in [2.24, 2.45) is 11.8 Å². The fourth-order valence-electron chi connectivity index (χ4n) is 3.36. The molecule has 1 fully saturated rings. The SMILES string of the molecule is CC1CCCC(NC(=O)c2c[nH]c3ccc(N)cc23)C1C. The van der Waals surface area contributed by atoms with Gasteiger partial charge >= 0.3 is 0 Å². The number of rotatable bonds is 2. The van der Waals surface area contributed by atoms with Crippen molar-refractivity contribution in [3.05, 3.63) is 30.0 Å². The number of nitrogen functional groups attached to an aromatic ring is 1. The molecular formula is C17H23N3O. The Morgan fingerprint density at radius 3 is 2.95 bits per heavy atom. The van der Waals surface area contributed by atoms with Crippen molar-refractivity contribution in [1.82, 2.24) is 10.3 Å². The highest BCUT2D eigenvalue weighted by Crippen LogP contribution is 2.30. The molecule has 0 saturated heterocycles. The van der Waals surface area contributed by atoms with E-state index in [1.165, 1.54) is 12.8 Å². The number of amides is 1. The highest BCUT2D eigenvalue weighted by molar-refractivity contribution is 6.07. The molecule has 1 heterocycles. The molecule has 0 radical (unpaired) electrons. The first-order valence-corrected chi connectivity index (χ1v) is 7.73. The molecule has 112 valence electrons. The minimum Gasteiger partial charge on any atom is -0.399 e.